The number of amides is 2. The number of methoxy groups -OCH3 is 2. The van der Waals surface area contributed by atoms with Gasteiger partial charge < -0.3 is 23.8 Å². The average Bonchev–Trinajstić information content (AvgIpc) is 2.66. The van der Waals surface area contributed by atoms with Gasteiger partial charge in [0.2, 0.25) is 0 Å². The topological polar surface area (TPSA) is 86.3 Å². The molecule has 2 rings (SSSR count). The molecule has 0 aromatic heterocycles. The molecule has 2 amide bonds. The zero-order chi connectivity index (χ0) is 21.6. The van der Waals surface area contributed by atoms with E-state index in [1.54, 1.807) is 17.0 Å². The van der Waals surface area contributed by atoms with Gasteiger partial charge in [-0.05, 0) is 39.5 Å². The largest absolute Gasteiger partial charge is 0.493 e. The van der Waals surface area contributed by atoms with Gasteiger partial charge >= 0.3 is 12.2 Å². The number of anilines is 1. The van der Waals surface area contributed by atoms with Gasteiger partial charge in [0.25, 0.3) is 0 Å². The Morgan fingerprint density at radius 2 is 1.72 bits per heavy atom. The number of nitrogens with zero attached hydrogens (tertiary/aromatic N) is 1. The minimum atomic E-state index is -0.603. The minimum absolute atomic E-state index is 0.181. The smallest absolute Gasteiger partial charge is 0.411 e. The Hall–Kier alpha value is -2.35. The number of carbonyl (C=O) groups is 2. The van der Waals surface area contributed by atoms with Crippen molar-refractivity contribution < 1.29 is 28.5 Å². The van der Waals surface area contributed by atoms with Crippen LogP contribution in [0.3, 0.4) is 0 Å². The van der Waals surface area contributed by atoms with Crippen LogP contribution < -0.4 is 14.8 Å². The molecular weight excluding hydrogens is 400 g/mol. The third kappa shape index (κ3) is 6.88. The van der Waals surface area contributed by atoms with Crippen LogP contribution in [-0.2, 0) is 9.47 Å². The van der Waals surface area contributed by atoms with Crippen molar-refractivity contribution in [2.24, 2.45) is 5.92 Å². The molecule has 0 saturated carbocycles. The number of nitrogens with one attached hydrogen (secondary N) is 1. The summed E-state index contributed by atoms with van der Waals surface area (Å²) in [5.74, 6) is 1.09. The number of hydrogen-bond donors (Lipinski definition) is 1. The molecule has 162 valence electrons. The van der Waals surface area contributed by atoms with Crippen molar-refractivity contribution in [3.63, 3.8) is 0 Å². The Labute approximate surface area is 176 Å². The van der Waals surface area contributed by atoms with Gasteiger partial charge in [-0.1, -0.05) is 11.6 Å². The van der Waals surface area contributed by atoms with Crippen LogP contribution in [0.15, 0.2) is 12.1 Å². The summed E-state index contributed by atoms with van der Waals surface area (Å²) in [6.07, 6.45) is 0.569. The lowest BCUT2D eigenvalue weighted by molar-refractivity contribution is 0.0153. The standard InChI is InChI=1S/C20H29ClN2O6/c1-20(2,3)29-19(25)23-8-6-13(7-9-23)12-28-18(24)22-15-11-17(27-5)16(26-4)10-14(15)21/h10-11,13H,6-9,12H2,1-5H3,(H,22,24). The second-order valence-electron chi connectivity index (χ2n) is 7.82. The van der Waals surface area contributed by atoms with Gasteiger partial charge in [0.15, 0.2) is 11.5 Å². The second-order valence-corrected chi connectivity index (χ2v) is 8.23. The van der Waals surface area contributed by atoms with Crippen molar-refractivity contribution >= 4 is 29.5 Å². The second kappa shape index (κ2) is 9.91. The van der Waals surface area contributed by atoms with E-state index in [-0.39, 0.29) is 18.6 Å². The van der Waals surface area contributed by atoms with E-state index < -0.39 is 11.7 Å². The first kappa shape index (κ1) is 22.9. The van der Waals surface area contributed by atoms with Crippen molar-refractivity contribution in [1.29, 1.82) is 0 Å². The van der Waals surface area contributed by atoms with Gasteiger partial charge in [-0.25, -0.2) is 9.59 Å². The molecule has 0 unspecified atom stereocenters. The lowest BCUT2D eigenvalue weighted by Gasteiger charge is -2.33. The van der Waals surface area contributed by atoms with E-state index in [0.717, 1.165) is 12.8 Å². The molecule has 9 heteroatoms. The van der Waals surface area contributed by atoms with Crippen molar-refractivity contribution in [3.8, 4) is 11.5 Å². The number of ether oxygens (including phenoxy) is 4. The molecule has 1 N–H and O–H groups in total. The van der Waals surface area contributed by atoms with Crippen LogP contribution >= 0.6 is 11.6 Å². The van der Waals surface area contributed by atoms with Gasteiger partial charge in [0.05, 0.1) is 31.5 Å². The molecule has 1 aliphatic heterocycles. The number of piperidine rings is 1. The first-order chi connectivity index (χ1) is 13.6. The van der Waals surface area contributed by atoms with Gasteiger partial charge in [0, 0.05) is 25.2 Å². The molecule has 1 aromatic carbocycles. The van der Waals surface area contributed by atoms with Crippen LogP contribution in [0.1, 0.15) is 33.6 Å². The van der Waals surface area contributed by atoms with Crippen LogP contribution in [0, 0.1) is 5.92 Å². The Bertz CT molecular complexity index is 726. The first-order valence-corrected chi connectivity index (χ1v) is 9.84. The molecule has 1 aromatic rings. The quantitative estimate of drug-likeness (QED) is 0.740. The maximum absolute atomic E-state index is 12.1. The van der Waals surface area contributed by atoms with Gasteiger partial charge in [-0.15, -0.1) is 0 Å². The van der Waals surface area contributed by atoms with Crippen molar-refractivity contribution in [2.45, 2.75) is 39.2 Å². The van der Waals surface area contributed by atoms with E-state index in [1.807, 2.05) is 20.8 Å². The molecule has 1 heterocycles. The summed E-state index contributed by atoms with van der Waals surface area (Å²) < 4.78 is 21.1. The molecule has 1 aliphatic rings. The summed E-state index contributed by atoms with van der Waals surface area (Å²) in [6, 6.07) is 3.13. The number of carbonyl (C=O) groups excluding carboxylic acids is 2. The van der Waals surface area contributed by atoms with Crippen molar-refractivity contribution in [2.75, 3.05) is 39.2 Å². The predicted octanol–water partition coefficient (Wildman–Crippen LogP) is 4.55. The molecule has 1 fully saturated rings. The molecule has 0 radical (unpaired) electrons. The Kier molecular flexibility index (Phi) is 7.84. The molecule has 0 aliphatic carbocycles. The maximum Gasteiger partial charge on any atom is 0.411 e. The van der Waals surface area contributed by atoms with Crippen LogP contribution in [0.2, 0.25) is 5.02 Å². The Morgan fingerprint density at radius 1 is 1.14 bits per heavy atom. The minimum Gasteiger partial charge on any atom is -0.493 e. The van der Waals surface area contributed by atoms with Crippen LogP contribution in [0.4, 0.5) is 15.3 Å². The summed E-state index contributed by atoms with van der Waals surface area (Å²) in [7, 11) is 3.00. The normalized spacial score (nSPS) is 14.9. The molecular formula is C20H29ClN2O6. The number of likely N-dealkylation sites (tertiary alicyclic amines) is 1. The zero-order valence-corrected chi connectivity index (χ0v) is 18.3. The van der Waals surface area contributed by atoms with Gasteiger partial charge in [-0.3, -0.25) is 5.32 Å². The molecule has 8 nitrogen and oxygen atoms in total. The Morgan fingerprint density at radius 3 is 2.28 bits per heavy atom. The molecule has 0 atom stereocenters. The summed E-state index contributed by atoms with van der Waals surface area (Å²) >= 11 is 6.17. The number of halogens is 1. The number of hydrogen-bond acceptors (Lipinski definition) is 6. The summed E-state index contributed by atoms with van der Waals surface area (Å²) in [5, 5.41) is 2.93. The summed E-state index contributed by atoms with van der Waals surface area (Å²) in [4.78, 5) is 25.9. The van der Waals surface area contributed by atoms with E-state index in [1.165, 1.54) is 14.2 Å². The average molecular weight is 429 g/mol. The van der Waals surface area contributed by atoms with Crippen molar-refractivity contribution in [3.05, 3.63) is 17.2 Å². The van der Waals surface area contributed by atoms with Crippen LogP contribution in [0.5, 0.6) is 11.5 Å². The highest BCUT2D eigenvalue weighted by atomic mass is 35.5. The van der Waals surface area contributed by atoms with Crippen LogP contribution in [0.25, 0.3) is 0 Å². The lowest BCUT2D eigenvalue weighted by Crippen LogP contribution is -2.42. The van der Waals surface area contributed by atoms with Gasteiger partial charge in [-0.2, -0.15) is 0 Å². The third-order valence-corrected chi connectivity index (χ3v) is 4.74. The first-order valence-electron chi connectivity index (χ1n) is 9.46. The van der Waals surface area contributed by atoms with E-state index in [9.17, 15) is 9.59 Å². The fraction of sp³-hybridized carbons (Fsp3) is 0.600. The van der Waals surface area contributed by atoms with E-state index in [4.69, 9.17) is 30.5 Å². The highest BCUT2D eigenvalue weighted by Crippen LogP contribution is 2.36. The molecule has 1 saturated heterocycles. The summed E-state index contributed by atoms with van der Waals surface area (Å²) in [5.41, 5.74) is -0.144. The fourth-order valence-electron chi connectivity index (χ4n) is 2.90. The highest BCUT2D eigenvalue weighted by Gasteiger charge is 2.27. The lowest BCUT2D eigenvalue weighted by atomic mass is 9.98. The van der Waals surface area contributed by atoms with E-state index in [2.05, 4.69) is 5.32 Å². The number of benzene rings is 1. The SMILES string of the molecule is COc1cc(Cl)c(NC(=O)OCC2CCN(C(=O)OC(C)(C)C)CC2)cc1OC. The predicted molar refractivity (Wildman–Crippen MR) is 110 cm³/mol. The van der Waals surface area contributed by atoms with Gasteiger partial charge in [0.1, 0.15) is 5.60 Å². The monoisotopic (exact) mass is 428 g/mol. The number of rotatable bonds is 5. The van der Waals surface area contributed by atoms with Crippen molar-refractivity contribution in [1.82, 2.24) is 4.90 Å². The van der Waals surface area contributed by atoms with E-state index in [0.29, 0.717) is 35.3 Å². The molecule has 29 heavy (non-hydrogen) atoms. The van der Waals surface area contributed by atoms with E-state index >= 15 is 0 Å². The highest BCUT2D eigenvalue weighted by molar-refractivity contribution is 6.33. The van der Waals surface area contributed by atoms with Crippen LogP contribution in [-0.4, -0.2) is 56.6 Å². The third-order valence-electron chi connectivity index (χ3n) is 4.43. The zero-order valence-electron chi connectivity index (χ0n) is 17.5. The maximum atomic E-state index is 12.1. The molecule has 0 spiro atoms. The molecule has 0 bridgehead atoms. The fourth-order valence-corrected chi connectivity index (χ4v) is 3.10. The Balaban J connectivity index is 1.80. The summed E-state index contributed by atoms with van der Waals surface area (Å²) in [6.45, 7) is 6.94.